The van der Waals surface area contributed by atoms with Gasteiger partial charge in [0.15, 0.2) is 0 Å². The van der Waals surface area contributed by atoms with Gasteiger partial charge >= 0.3 is 5.97 Å². The van der Waals surface area contributed by atoms with Gasteiger partial charge in [0.1, 0.15) is 5.75 Å². The lowest BCUT2D eigenvalue weighted by Gasteiger charge is -2.37. The van der Waals surface area contributed by atoms with Gasteiger partial charge in [0.25, 0.3) is 17.7 Å². The van der Waals surface area contributed by atoms with Crippen molar-refractivity contribution in [3.05, 3.63) is 106 Å². The number of amides is 3. The number of piperazine rings is 1. The van der Waals surface area contributed by atoms with Crippen molar-refractivity contribution < 1.29 is 29.0 Å². The Labute approximate surface area is 258 Å². The number of carbonyl (C=O) groups excluding carboxylic acids is 3. The number of aliphatic carboxylic acids is 1. The van der Waals surface area contributed by atoms with E-state index in [1.165, 1.54) is 18.4 Å². The molecule has 1 saturated heterocycles. The van der Waals surface area contributed by atoms with Crippen molar-refractivity contribution in [2.75, 3.05) is 43.5 Å². The maximum absolute atomic E-state index is 13.4. The fourth-order valence-electron chi connectivity index (χ4n) is 4.96. The molecule has 0 radical (unpaired) electrons. The average Bonchev–Trinajstić information content (AvgIpc) is 3.60. The summed E-state index contributed by atoms with van der Waals surface area (Å²) >= 11 is 1.36. The first kappa shape index (κ1) is 30.2. The first-order valence-corrected chi connectivity index (χ1v) is 14.8. The van der Waals surface area contributed by atoms with Gasteiger partial charge in [-0.15, -0.1) is 11.3 Å². The van der Waals surface area contributed by atoms with E-state index >= 15 is 0 Å². The molecule has 1 aliphatic rings. The predicted octanol–water partition coefficient (Wildman–Crippen LogP) is 4.31. The molecule has 0 saturated carbocycles. The molecule has 1 atom stereocenters. The third kappa shape index (κ3) is 7.21. The highest BCUT2D eigenvalue weighted by Gasteiger charge is 2.26. The Bertz CT molecular complexity index is 1640. The zero-order valence-electron chi connectivity index (χ0n) is 23.9. The van der Waals surface area contributed by atoms with Gasteiger partial charge in [-0.3, -0.25) is 24.2 Å². The van der Waals surface area contributed by atoms with Crippen molar-refractivity contribution >= 4 is 46.4 Å². The van der Waals surface area contributed by atoms with Gasteiger partial charge in [0, 0.05) is 54.6 Å². The number of hydrogen-bond donors (Lipinski definition) is 3. The molecular formula is C32H31N5O6S. The van der Waals surface area contributed by atoms with Crippen molar-refractivity contribution in [2.24, 2.45) is 0 Å². The van der Waals surface area contributed by atoms with E-state index in [2.05, 4.69) is 20.5 Å². The van der Waals surface area contributed by atoms with Crippen LogP contribution in [0.25, 0.3) is 0 Å². The Balaban J connectivity index is 1.39. The second kappa shape index (κ2) is 13.8. The standard InChI is InChI=1S/C32H31N5O6S/c1-43-24-7-2-5-21(17-24)30(40)34-25-18-22(31(41)35-26(19-29(38)39)28-8-4-16-44-28)9-10-27(25)36-12-14-37(15-13-36)32(42)23-6-3-11-33-20-23/h2-11,16-18,20,26H,12-15,19H2,1H3,(H,34,40)(H,35,41)(H,38,39). The molecule has 226 valence electrons. The number of pyridine rings is 1. The molecule has 2 aromatic heterocycles. The minimum atomic E-state index is -1.04. The summed E-state index contributed by atoms with van der Waals surface area (Å²) in [5.74, 6) is -1.47. The van der Waals surface area contributed by atoms with E-state index in [1.807, 2.05) is 5.38 Å². The summed E-state index contributed by atoms with van der Waals surface area (Å²) in [6.07, 6.45) is 2.89. The number of thiophene rings is 1. The lowest BCUT2D eigenvalue weighted by atomic mass is 10.1. The van der Waals surface area contributed by atoms with Gasteiger partial charge in [0.2, 0.25) is 0 Å². The van der Waals surface area contributed by atoms with E-state index < -0.39 is 23.8 Å². The highest BCUT2D eigenvalue weighted by atomic mass is 32.1. The molecule has 12 heteroatoms. The molecule has 1 fully saturated rings. The number of anilines is 2. The Morgan fingerprint density at radius 1 is 0.932 bits per heavy atom. The van der Waals surface area contributed by atoms with Crippen LogP contribution < -0.4 is 20.3 Å². The van der Waals surface area contributed by atoms with E-state index in [0.717, 1.165) is 4.88 Å². The van der Waals surface area contributed by atoms with Crippen LogP contribution in [0.1, 0.15) is 48.4 Å². The van der Waals surface area contributed by atoms with E-state index in [0.29, 0.717) is 54.4 Å². The second-order valence-electron chi connectivity index (χ2n) is 10.1. The van der Waals surface area contributed by atoms with Crippen LogP contribution in [0.15, 0.2) is 84.5 Å². The molecule has 44 heavy (non-hydrogen) atoms. The van der Waals surface area contributed by atoms with Gasteiger partial charge in [-0.05, 0) is 60.0 Å². The zero-order chi connectivity index (χ0) is 31.1. The average molecular weight is 614 g/mol. The third-order valence-corrected chi connectivity index (χ3v) is 8.21. The SMILES string of the molecule is COc1cccc(C(=O)Nc2cc(C(=O)NC(CC(=O)O)c3cccs3)ccc2N2CCN(C(=O)c3cccnc3)CC2)c1. The number of benzene rings is 2. The van der Waals surface area contributed by atoms with Crippen LogP contribution in [0.4, 0.5) is 11.4 Å². The first-order chi connectivity index (χ1) is 21.3. The second-order valence-corrected chi connectivity index (χ2v) is 11.1. The van der Waals surface area contributed by atoms with E-state index in [1.54, 1.807) is 84.0 Å². The molecule has 0 spiro atoms. The number of nitrogens with zero attached hydrogens (tertiary/aromatic N) is 3. The van der Waals surface area contributed by atoms with Gasteiger partial charge in [0.05, 0.1) is 36.5 Å². The summed E-state index contributed by atoms with van der Waals surface area (Å²) in [6.45, 7) is 1.91. The number of carbonyl (C=O) groups is 4. The third-order valence-electron chi connectivity index (χ3n) is 7.23. The summed E-state index contributed by atoms with van der Waals surface area (Å²) < 4.78 is 5.26. The number of rotatable bonds is 10. The molecule has 2 aromatic carbocycles. The van der Waals surface area contributed by atoms with Gasteiger partial charge < -0.3 is 30.3 Å². The van der Waals surface area contributed by atoms with Crippen LogP contribution in [0, 0.1) is 0 Å². The van der Waals surface area contributed by atoms with E-state index in [9.17, 15) is 24.3 Å². The maximum Gasteiger partial charge on any atom is 0.305 e. The van der Waals surface area contributed by atoms with Crippen LogP contribution in [-0.2, 0) is 4.79 Å². The number of methoxy groups -OCH3 is 1. The molecule has 3 N–H and O–H groups in total. The van der Waals surface area contributed by atoms with Crippen molar-refractivity contribution in [1.82, 2.24) is 15.2 Å². The van der Waals surface area contributed by atoms with Crippen molar-refractivity contribution in [1.29, 1.82) is 0 Å². The number of carboxylic acid groups (broad SMARTS) is 1. The largest absolute Gasteiger partial charge is 0.497 e. The van der Waals surface area contributed by atoms with Crippen LogP contribution in [-0.4, -0.2) is 72.0 Å². The summed E-state index contributed by atoms with van der Waals surface area (Å²) in [5.41, 5.74) is 2.24. The molecule has 0 bridgehead atoms. The molecule has 3 amide bonds. The summed E-state index contributed by atoms with van der Waals surface area (Å²) in [5, 5.41) is 17.0. The number of hydrogen-bond acceptors (Lipinski definition) is 8. The van der Waals surface area contributed by atoms with Crippen LogP contribution in [0.5, 0.6) is 5.75 Å². The lowest BCUT2D eigenvalue weighted by molar-refractivity contribution is -0.137. The molecule has 11 nitrogen and oxygen atoms in total. The number of nitrogens with one attached hydrogen (secondary N) is 2. The Morgan fingerprint density at radius 3 is 2.39 bits per heavy atom. The van der Waals surface area contributed by atoms with E-state index in [4.69, 9.17) is 4.74 Å². The van der Waals surface area contributed by atoms with Gasteiger partial charge in [-0.25, -0.2) is 0 Å². The smallest absolute Gasteiger partial charge is 0.305 e. The molecule has 5 rings (SSSR count). The Hall–Kier alpha value is -5.23. The molecule has 0 aliphatic carbocycles. The van der Waals surface area contributed by atoms with Crippen LogP contribution in [0.2, 0.25) is 0 Å². The summed E-state index contributed by atoms with van der Waals surface area (Å²) in [7, 11) is 1.52. The summed E-state index contributed by atoms with van der Waals surface area (Å²) in [4.78, 5) is 59.7. The highest BCUT2D eigenvalue weighted by molar-refractivity contribution is 7.10. The van der Waals surface area contributed by atoms with Crippen molar-refractivity contribution in [3.8, 4) is 5.75 Å². The number of aromatic nitrogens is 1. The summed E-state index contributed by atoms with van der Waals surface area (Å²) in [6, 6.07) is 18.0. The predicted molar refractivity (Wildman–Crippen MR) is 167 cm³/mol. The van der Waals surface area contributed by atoms with Crippen LogP contribution >= 0.6 is 11.3 Å². The fourth-order valence-corrected chi connectivity index (χ4v) is 5.74. The van der Waals surface area contributed by atoms with E-state index in [-0.39, 0.29) is 17.9 Å². The molecule has 1 unspecified atom stereocenters. The first-order valence-electron chi connectivity index (χ1n) is 13.9. The maximum atomic E-state index is 13.4. The lowest BCUT2D eigenvalue weighted by Crippen LogP contribution is -2.49. The fraction of sp³-hybridized carbons (Fsp3) is 0.219. The topological polar surface area (TPSA) is 141 Å². The normalized spacial score (nSPS) is 13.6. The minimum Gasteiger partial charge on any atom is -0.497 e. The van der Waals surface area contributed by atoms with Crippen molar-refractivity contribution in [2.45, 2.75) is 12.5 Å². The van der Waals surface area contributed by atoms with Crippen LogP contribution in [0.3, 0.4) is 0 Å². The zero-order valence-corrected chi connectivity index (χ0v) is 24.8. The number of carboxylic acids is 1. The molecule has 4 aromatic rings. The molecule has 1 aliphatic heterocycles. The highest BCUT2D eigenvalue weighted by Crippen LogP contribution is 2.30. The quantitative estimate of drug-likeness (QED) is 0.240. The molecule has 3 heterocycles. The number of ether oxygens (including phenoxy) is 1. The minimum absolute atomic E-state index is 0.0991. The van der Waals surface area contributed by atoms with Gasteiger partial charge in [-0.1, -0.05) is 12.1 Å². The molecular weight excluding hydrogens is 582 g/mol. The monoisotopic (exact) mass is 613 g/mol. The Kier molecular flexibility index (Phi) is 9.50. The Morgan fingerprint density at radius 2 is 1.70 bits per heavy atom. The van der Waals surface area contributed by atoms with Crippen molar-refractivity contribution in [3.63, 3.8) is 0 Å². The van der Waals surface area contributed by atoms with Gasteiger partial charge in [-0.2, -0.15) is 0 Å².